The number of ether oxygens (including phenoxy) is 2. The van der Waals surface area contributed by atoms with E-state index >= 15 is 0 Å². The fourth-order valence-electron chi connectivity index (χ4n) is 3.85. The van der Waals surface area contributed by atoms with Crippen LogP contribution in [0.1, 0.15) is 93.6 Å². The summed E-state index contributed by atoms with van der Waals surface area (Å²) in [6.07, 6.45) is 8.53. The normalized spacial score (nSPS) is 11.4. The molecule has 1 aromatic heterocycles. The molecule has 1 N–H and O–H groups in total. The van der Waals surface area contributed by atoms with Crippen LogP contribution in [0.15, 0.2) is 57.7 Å². The van der Waals surface area contributed by atoms with E-state index in [0.717, 1.165) is 18.9 Å². The Balaban J connectivity index is 1.63. The summed E-state index contributed by atoms with van der Waals surface area (Å²) in [5.74, 6) is -0.645. The number of rotatable bonds is 12. The Morgan fingerprint density at radius 2 is 1.59 bits per heavy atom. The number of carbonyl (C=O) groups excluding carboxylic acids is 2. The second-order valence-electron chi connectivity index (χ2n) is 10.1. The molecule has 0 aliphatic rings. The molecule has 0 atom stereocenters. The first-order valence-electron chi connectivity index (χ1n) is 13.0. The number of unbranched alkanes of at least 4 members (excludes halogenated alkanes) is 6. The highest BCUT2D eigenvalue weighted by molar-refractivity contribution is 6.08. The molecule has 1 amide bonds. The van der Waals surface area contributed by atoms with Gasteiger partial charge in [0.05, 0.1) is 17.7 Å². The van der Waals surface area contributed by atoms with Crippen molar-refractivity contribution in [3.8, 4) is 5.75 Å². The number of hydrogen-bond donors (Lipinski definition) is 1. The van der Waals surface area contributed by atoms with E-state index in [1.54, 1.807) is 63.2 Å². The first-order chi connectivity index (χ1) is 17.7. The van der Waals surface area contributed by atoms with E-state index in [-0.39, 0.29) is 28.3 Å². The molecule has 0 aliphatic carbocycles. The van der Waals surface area contributed by atoms with Crippen molar-refractivity contribution in [2.45, 2.75) is 78.2 Å². The number of anilines is 1. The van der Waals surface area contributed by atoms with Crippen LogP contribution in [-0.2, 0) is 4.74 Å². The summed E-state index contributed by atoms with van der Waals surface area (Å²) in [4.78, 5) is 38.0. The van der Waals surface area contributed by atoms with Crippen LogP contribution >= 0.6 is 0 Å². The van der Waals surface area contributed by atoms with Gasteiger partial charge in [-0.25, -0.2) is 4.79 Å². The zero-order chi connectivity index (χ0) is 26.8. The smallest absolute Gasteiger partial charge is 0.374 e. The van der Waals surface area contributed by atoms with Crippen LogP contribution in [0.2, 0.25) is 0 Å². The van der Waals surface area contributed by atoms with E-state index < -0.39 is 17.0 Å². The summed E-state index contributed by atoms with van der Waals surface area (Å²) in [7, 11) is 0. The van der Waals surface area contributed by atoms with E-state index in [2.05, 4.69) is 12.2 Å². The highest BCUT2D eigenvalue weighted by atomic mass is 16.6. The number of para-hydroxylation sites is 1. The Morgan fingerprint density at radius 3 is 2.27 bits per heavy atom. The van der Waals surface area contributed by atoms with Gasteiger partial charge in [-0.1, -0.05) is 51.5 Å². The van der Waals surface area contributed by atoms with Crippen molar-refractivity contribution in [2.24, 2.45) is 0 Å². The average molecular weight is 508 g/mol. The van der Waals surface area contributed by atoms with Crippen LogP contribution < -0.4 is 15.5 Å². The number of hydrogen-bond acceptors (Lipinski definition) is 6. The zero-order valence-electron chi connectivity index (χ0n) is 22.2. The van der Waals surface area contributed by atoms with Crippen molar-refractivity contribution in [3.05, 3.63) is 70.1 Å². The third-order valence-electron chi connectivity index (χ3n) is 5.74. The molecule has 0 unspecified atom stereocenters. The molecular weight excluding hydrogens is 470 g/mol. The SMILES string of the molecule is CCCCCCCCCOc1ccc(C(=O)Nc2cccc3c(=O)cc(C(=O)OC(C)(C)C)oc23)cc1. The second kappa shape index (κ2) is 13.1. The number of nitrogens with one attached hydrogen (secondary N) is 1. The molecule has 7 nitrogen and oxygen atoms in total. The maximum atomic E-state index is 12.9. The quantitative estimate of drug-likeness (QED) is 0.207. The third kappa shape index (κ3) is 8.48. The van der Waals surface area contributed by atoms with E-state index in [4.69, 9.17) is 13.9 Å². The summed E-state index contributed by atoms with van der Waals surface area (Å²) >= 11 is 0. The van der Waals surface area contributed by atoms with Crippen LogP contribution in [0.25, 0.3) is 11.0 Å². The van der Waals surface area contributed by atoms with Crippen LogP contribution in [0, 0.1) is 0 Å². The Bertz CT molecular complexity index is 1250. The van der Waals surface area contributed by atoms with Crippen molar-refractivity contribution in [3.63, 3.8) is 0 Å². The second-order valence-corrected chi connectivity index (χ2v) is 10.1. The maximum Gasteiger partial charge on any atom is 0.374 e. The van der Waals surface area contributed by atoms with E-state index in [0.29, 0.717) is 17.9 Å². The molecule has 3 rings (SSSR count). The van der Waals surface area contributed by atoms with E-state index in [9.17, 15) is 14.4 Å². The maximum absolute atomic E-state index is 12.9. The van der Waals surface area contributed by atoms with Gasteiger partial charge in [-0.15, -0.1) is 0 Å². The molecule has 1 heterocycles. The molecule has 2 aromatic carbocycles. The molecular formula is C30H37NO6. The molecule has 0 saturated heterocycles. The molecule has 37 heavy (non-hydrogen) atoms. The highest BCUT2D eigenvalue weighted by Gasteiger charge is 2.22. The largest absolute Gasteiger partial charge is 0.494 e. The molecule has 0 radical (unpaired) electrons. The summed E-state index contributed by atoms with van der Waals surface area (Å²) < 4.78 is 16.8. The molecule has 7 heteroatoms. The van der Waals surface area contributed by atoms with Gasteiger partial charge in [0, 0.05) is 11.6 Å². The lowest BCUT2D eigenvalue weighted by molar-refractivity contribution is 0.00364. The third-order valence-corrected chi connectivity index (χ3v) is 5.74. The van der Waals surface area contributed by atoms with E-state index in [1.807, 2.05) is 0 Å². The zero-order valence-corrected chi connectivity index (χ0v) is 22.2. The predicted molar refractivity (Wildman–Crippen MR) is 146 cm³/mol. The number of benzene rings is 2. The van der Waals surface area contributed by atoms with Crippen LogP contribution in [0.5, 0.6) is 5.75 Å². The minimum absolute atomic E-state index is 0.110. The van der Waals surface area contributed by atoms with Crippen LogP contribution in [-0.4, -0.2) is 24.1 Å². The standard InChI is InChI=1S/C30H37NO6/c1-5-6-7-8-9-10-11-19-35-22-17-15-21(16-18-22)28(33)31-24-14-12-13-23-25(32)20-26(36-27(23)24)29(34)37-30(2,3)4/h12-18,20H,5-11,19H2,1-4H3,(H,31,33). The first-order valence-corrected chi connectivity index (χ1v) is 13.0. The summed E-state index contributed by atoms with van der Waals surface area (Å²) in [6.45, 7) is 8.04. The summed E-state index contributed by atoms with van der Waals surface area (Å²) in [6, 6.07) is 12.8. The fraction of sp³-hybridized carbons (Fsp3) is 0.433. The molecule has 3 aromatic rings. The number of fused-ring (bicyclic) bond motifs is 1. The Morgan fingerprint density at radius 1 is 0.919 bits per heavy atom. The molecule has 0 fully saturated rings. The molecule has 198 valence electrons. The number of amides is 1. The average Bonchev–Trinajstić information content (AvgIpc) is 2.85. The fourth-order valence-corrected chi connectivity index (χ4v) is 3.85. The summed E-state index contributed by atoms with van der Waals surface area (Å²) in [5, 5.41) is 3.03. The van der Waals surface area contributed by atoms with Crippen LogP contribution in [0.3, 0.4) is 0 Å². The number of carbonyl (C=O) groups is 2. The van der Waals surface area contributed by atoms with Crippen LogP contribution in [0.4, 0.5) is 5.69 Å². The van der Waals surface area contributed by atoms with Gasteiger partial charge >= 0.3 is 5.97 Å². The molecule has 0 saturated carbocycles. The van der Waals surface area contributed by atoms with Gasteiger partial charge in [0.2, 0.25) is 5.76 Å². The Labute approximate surface area is 218 Å². The van der Waals surface area contributed by atoms with Gasteiger partial charge in [-0.05, 0) is 63.6 Å². The minimum atomic E-state index is -0.750. The first kappa shape index (κ1) is 28.0. The molecule has 0 bridgehead atoms. The van der Waals surface area contributed by atoms with Gasteiger partial charge in [-0.2, -0.15) is 0 Å². The van der Waals surface area contributed by atoms with E-state index in [1.165, 1.54) is 32.1 Å². The lowest BCUT2D eigenvalue weighted by Gasteiger charge is -2.19. The van der Waals surface area contributed by atoms with Crippen molar-refractivity contribution in [1.82, 2.24) is 0 Å². The molecule has 0 spiro atoms. The highest BCUT2D eigenvalue weighted by Crippen LogP contribution is 2.24. The van der Waals surface area contributed by atoms with Gasteiger partial charge in [0.1, 0.15) is 11.4 Å². The monoisotopic (exact) mass is 507 g/mol. The lowest BCUT2D eigenvalue weighted by atomic mass is 10.1. The van der Waals surface area contributed by atoms with Crippen molar-refractivity contribution in [1.29, 1.82) is 0 Å². The summed E-state index contributed by atoms with van der Waals surface area (Å²) in [5.41, 5.74) is -0.336. The van der Waals surface area contributed by atoms with Gasteiger partial charge in [0.15, 0.2) is 11.0 Å². The Hall–Kier alpha value is -3.61. The molecule has 0 aliphatic heterocycles. The van der Waals surface area contributed by atoms with Crippen molar-refractivity contribution in [2.75, 3.05) is 11.9 Å². The van der Waals surface area contributed by atoms with Gasteiger partial charge < -0.3 is 19.2 Å². The van der Waals surface area contributed by atoms with Gasteiger partial charge in [0.25, 0.3) is 5.91 Å². The predicted octanol–water partition coefficient (Wildman–Crippen LogP) is 7.13. The van der Waals surface area contributed by atoms with Crippen molar-refractivity contribution < 1.29 is 23.5 Å². The lowest BCUT2D eigenvalue weighted by Crippen LogP contribution is -2.24. The van der Waals surface area contributed by atoms with Gasteiger partial charge in [-0.3, -0.25) is 9.59 Å². The topological polar surface area (TPSA) is 94.8 Å². The Kier molecular flexibility index (Phi) is 9.89. The van der Waals surface area contributed by atoms with Crippen molar-refractivity contribution >= 4 is 28.5 Å². The minimum Gasteiger partial charge on any atom is -0.494 e. The number of esters is 1.